The Morgan fingerprint density at radius 2 is 2.19 bits per heavy atom. The van der Waals surface area contributed by atoms with Crippen LogP contribution in [0.4, 0.5) is 4.39 Å². The lowest BCUT2D eigenvalue weighted by Gasteiger charge is -1.98. The van der Waals surface area contributed by atoms with Crippen molar-refractivity contribution in [3.8, 4) is 11.3 Å². The van der Waals surface area contributed by atoms with Crippen LogP contribution in [0.2, 0.25) is 5.02 Å². The lowest BCUT2D eigenvalue weighted by molar-refractivity contribution is 0.0686. The predicted octanol–water partition coefficient (Wildman–Crippen LogP) is 2.83. The van der Waals surface area contributed by atoms with Crippen molar-refractivity contribution in [1.29, 1.82) is 0 Å². The zero-order chi connectivity index (χ0) is 11.7. The fourth-order valence-electron chi connectivity index (χ4n) is 1.19. The predicted molar refractivity (Wildman–Crippen MR) is 53.9 cm³/mol. The van der Waals surface area contributed by atoms with Gasteiger partial charge in [-0.2, -0.15) is 0 Å². The molecular formula is C10H5ClFNO3. The van der Waals surface area contributed by atoms with Crippen LogP contribution in [0.1, 0.15) is 10.5 Å². The van der Waals surface area contributed by atoms with Crippen LogP contribution in [0, 0.1) is 5.82 Å². The number of carbonyl (C=O) groups is 1. The van der Waals surface area contributed by atoms with Crippen molar-refractivity contribution in [2.45, 2.75) is 0 Å². The van der Waals surface area contributed by atoms with Gasteiger partial charge in [0.2, 0.25) is 0 Å². The molecular weight excluding hydrogens is 237 g/mol. The van der Waals surface area contributed by atoms with E-state index < -0.39 is 11.8 Å². The zero-order valence-corrected chi connectivity index (χ0v) is 8.53. The second-order valence-electron chi connectivity index (χ2n) is 3.01. The largest absolute Gasteiger partial charge is 0.476 e. The molecule has 0 aliphatic rings. The smallest absolute Gasteiger partial charge is 0.358 e. The van der Waals surface area contributed by atoms with E-state index in [1.54, 1.807) is 0 Å². The molecule has 0 bridgehead atoms. The first-order chi connectivity index (χ1) is 7.58. The molecule has 16 heavy (non-hydrogen) atoms. The second-order valence-corrected chi connectivity index (χ2v) is 3.41. The van der Waals surface area contributed by atoms with E-state index >= 15 is 0 Å². The molecule has 6 heteroatoms. The number of aromatic nitrogens is 1. The molecule has 2 rings (SSSR count). The molecule has 1 N–H and O–H groups in total. The lowest BCUT2D eigenvalue weighted by Crippen LogP contribution is -1.94. The molecule has 1 aromatic heterocycles. The van der Waals surface area contributed by atoms with Crippen LogP contribution in [0.3, 0.4) is 0 Å². The summed E-state index contributed by atoms with van der Waals surface area (Å²) in [6.07, 6.45) is 0. The van der Waals surface area contributed by atoms with Crippen molar-refractivity contribution < 1.29 is 18.8 Å². The summed E-state index contributed by atoms with van der Waals surface area (Å²) in [4.78, 5) is 10.6. The fourth-order valence-corrected chi connectivity index (χ4v) is 1.45. The van der Waals surface area contributed by atoms with Crippen molar-refractivity contribution in [2.24, 2.45) is 0 Å². The Balaban J connectivity index is 2.46. The quantitative estimate of drug-likeness (QED) is 0.878. The molecule has 0 saturated carbocycles. The summed E-state index contributed by atoms with van der Waals surface area (Å²) in [6, 6.07) is 4.93. The van der Waals surface area contributed by atoms with Gasteiger partial charge in [-0.1, -0.05) is 16.8 Å². The topological polar surface area (TPSA) is 63.3 Å². The zero-order valence-electron chi connectivity index (χ0n) is 7.78. The van der Waals surface area contributed by atoms with E-state index in [0.29, 0.717) is 5.56 Å². The van der Waals surface area contributed by atoms with Crippen LogP contribution in [-0.2, 0) is 0 Å². The van der Waals surface area contributed by atoms with Gasteiger partial charge in [-0.25, -0.2) is 9.18 Å². The summed E-state index contributed by atoms with van der Waals surface area (Å²) in [5.41, 5.74) is 0.165. The molecule has 0 aliphatic carbocycles. The van der Waals surface area contributed by atoms with Crippen LogP contribution >= 0.6 is 11.6 Å². The molecule has 0 saturated heterocycles. The second kappa shape index (κ2) is 3.94. The van der Waals surface area contributed by atoms with Crippen molar-refractivity contribution in [3.63, 3.8) is 0 Å². The summed E-state index contributed by atoms with van der Waals surface area (Å²) in [5.74, 6) is -1.50. The summed E-state index contributed by atoms with van der Waals surface area (Å²) >= 11 is 5.78. The Morgan fingerprint density at radius 1 is 1.44 bits per heavy atom. The van der Waals surface area contributed by atoms with E-state index in [0.717, 1.165) is 6.07 Å². The number of benzene rings is 1. The summed E-state index contributed by atoms with van der Waals surface area (Å²) in [6.45, 7) is 0. The van der Waals surface area contributed by atoms with E-state index in [-0.39, 0.29) is 16.5 Å². The highest BCUT2D eigenvalue weighted by atomic mass is 35.5. The number of carboxylic acid groups (broad SMARTS) is 1. The first-order valence-electron chi connectivity index (χ1n) is 4.23. The fraction of sp³-hybridized carbons (Fsp3) is 0. The highest BCUT2D eigenvalue weighted by molar-refractivity contribution is 6.33. The maximum atomic E-state index is 12.8. The standard InChI is InChI=1S/C10H5ClFNO3/c11-7-3-5(12)1-2-6(7)9-4-8(10(14)15)13-16-9/h1-4H,(H,14,15). The van der Waals surface area contributed by atoms with Gasteiger partial charge >= 0.3 is 5.97 Å². The van der Waals surface area contributed by atoms with E-state index in [2.05, 4.69) is 5.16 Å². The van der Waals surface area contributed by atoms with Gasteiger partial charge in [0.1, 0.15) is 5.82 Å². The van der Waals surface area contributed by atoms with Gasteiger partial charge < -0.3 is 9.63 Å². The molecule has 0 fully saturated rings. The molecule has 2 aromatic rings. The summed E-state index contributed by atoms with van der Waals surface area (Å²) in [5, 5.41) is 12.1. The van der Waals surface area contributed by atoms with Crippen molar-refractivity contribution >= 4 is 17.6 Å². The van der Waals surface area contributed by atoms with Crippen LogP contribution in [0.15, 0.2) is 28.8 Å². The van der Waals surface area contributed by atoms with Gasteiger partial charge in [-0.3, -0.25) is 0 Å². The molecule has 82 valence electrons. The number of nitrogens with zero attached hydrogens (tertiary/aromatic N) is 1. The van der Waals surface area contributed by atoms with Gasteiger partial charge in [-0.05, 0) is 18.2 Å². The Bertz CT molecular complexity index is 553. The maximum Gasteiger partial charge on any atom is 0.358 e. The first kappa shape index (κ1) is 10.6. The minimum absolute atomic E-state index is 0.132. The number of rotatable bonds is 2. The normalized spacial score (nSPS) is 10.4. The van der Waals surface area contributed by atoms with Crippen molar-refractivity contribution in [2.75, 3.05) is 0 Å². The lowest BCUT2D eigenvalue weighted by atomic mass is 10.1. The summed E-state index contributed by atoms with van der Waals surface area (Å²) in [7, 11) is 0. The molecule has 0 unspecified atom stereocenters. The third kappa shape index (κ3) is 1.90. The number of hydrogen-bond donors (Lipinski definition) is 1. The molecule has 1 aromatic carbocycles. The average molecular weight is 242 g/mol. The van der Waals surface area contributed by atoms with Gasteiger partial charge in [0.05, 0.1) is 5.02 Å². The summed E-state index contributed by atoms with van der Waals surface area (Å²) < 4.78 is 17.6. The third-order valence-corrected chi connectivity index (χ3v) is 2.24. The molecule has 1 heterocycles. The van der Waals surface area contributed by atoms with Crippen LogP contribution in [0.25, 0.3) is 11.3 Å². The number of carboxylic acids is 1. The van der Waals surface area contributed by atoms with E-state index in [1.165, 1.54) is 18.2 Å². The number of halogens is 2. The molecule has 0 spiro atoms. The number of aromatic carboxylic acids is 1. The molecule has 0 atom stereocenters. The average Bonchev–Trinajstić information content (AvgIpc) is 2.66. The van der Waals surface area contributed by atoms with Crippen molar-refractivity contribution in [1.82, 2.24) is 5.16 Å². The molecule has 0 amide bonds. The number of hydrogen-bond acceptors (Lipinski definition) is 3. The Morgan fingerprint density at radius 3 is 2.75 bits per heavy atom. The van der Waals surface area contributed by atoms with Gasteiger partial charge in [-0.15, -0.1) is 0 Å². The van der Waals surface area contributed by atoms with Gasteiger partial charge in [0.15, 0.2) is 11.5 Å². The van der Waals surface area contributed by atoms with Gasteiger partial charge in [0.25, 0.3) is 0 Å². The molecule has 4 nitrogen and oxygen atoms in total. The van der Waals surface area contributed by atoms with E-state index in [9.17, 15) is 9.18 Å². The SMILES string of the molecule is O=C(O)c1cc(-c2ccc(F)cc2Cl)on1. The van der Waals surface area contributed by atoms with E-state index in [4.69, 9.17) is 21.2 Å². The molecule has 0 aliphatic heterocycles. The monoisotopic (exact) mass is 241 g/mol. The van der Waals surface area contributed by atoms with E-state index in [1.807, 2.05) is 0 Å². The Labute approximate surface area is 94.2 Å². The minimum Gasteiger partial charge on any atom is -0.476 e. The molecule has 0 radical (unpaired) electrons. The highest BCUT2D eigenvalue weighted by Crippen LogP contribution is 2.28. The maximum absolute atomic E-state index is 12.8. The van der Waals surface area contributed by atoms with Crippen molar-refractivity contribution in [3.05, 3.63) is 40.8 Å². The van der Waals surface area contributed by atoms with Gasteiger partial charge in [0, 0.05) is 11.6 Å². The van der Waals surface area contributed by atoms with Crippen LogP contribution < -0.4 is 0 Å². The van der Waals surface area contributed by atoms with Crippen LogP contribution in [0.5, 0.6) is 0 Å². The highest BCUT2D eigenvalue weighted by Gasteiger charge is 2.14. The van der Waals surface area contributed by atoms with Crippen LogP contribution in [-0.4, -0.2) is 16.2 Å². The Kier molecular flexibility index (Phi) is 2.62. The Hall–Kier alpha value is -1.88. The third-order valence-electron chi connectivity index (χ3n) is 1.93. The first-order valence-corrected chi connectivity index (χ1v) is 4.61. The minimum atomic E-state index is -1.20.